The van der Waals surface area contributed by atoms with Crippen molar-refractivity contribution in [2.45, 2.75) is 228 Å². The lowest BCUT2D eigenvalue weighted by Gasteiger charge is -2.53. The van der Waals surface area contributed by atoms with Gasteiger partial charge in [-0.1, -0.05) is 0 Å². The summed E-state index contributed by atoms with van der Waals surface area (Å²) in [6.07, 6.45) is -68.8. The molecular formula is C50H81N2O40-. The largest absolute Gasteiger partial charge is 0.544 e. The van der Waals surface area contributed by atoms with E-state index in [9.17, 15) is 136 Å². The molecule has 0 unspecified atom stereocenters. The first-order valence-corrected chi connectivity index (χ1v) is 28.5. The number of nitrogens with one attached hydrogen (secondary N) is 2. The van der Waals surface area contributed by atoms with Crippen LogP contribution in [0.15, 0.2) is 0 Å². The number of rotatable bonds is 30. The zero-order valence-corrected chi connectivity index (χ0v) is 48.7. The molecule has 0 bridgehead atoms. The van der Waals surface area contributed by atoms with Crippen molar-refractivity contribution in [3.05, 3.63) is 0 Å². The second-order valence-electron chi connectivity index (χ2n) is 22.4. The molecule has 6 aliphatic heterocycles. The van der Waals surface area contributed by atoms with Gasteiger partial charge in [0.1, 0.15) is 159 Å². The predicted molar refractivity (Wildman–Crippen MR) is 276 cm³/mol. The van der Waals surface area contributed by atoms with Crippen molar-refractivity contribution in [3.63, 3.8) is 0 Å². The van der Waals surface area contributed by atoms with Gasteiger partial charge in [-0.3, -0.25) is 14.4 Å². The van der Waals surface area contributed by atoms with Crippen LogP contribution in [0.25, 0.3) is 0 Å². The Morgan fingerprint density at radius 2 is 1.01 bits per heavy atom. The van der Waals surface area contributed by atoms with E-state index < -0.39 is 291 Å². The van der Waals surface area contributed by atoms with Crippen LogP contribution in [0.2, 0.25) is 0 Å². The molecule has 23 N–H and O–H groups in total. The SMILES string of the molecule is CC(=O)N[C@H]1[C@H](O[C@@H]2[C@H](O[C@]3(C(=O)O)C[C@H](O)[C@@H](O)[C@H]([C@H](O)[C@H](O)CO)O3)[C@@H](O)[C@H](O[C@H]3[C@H](O)[C@@H](O)[C@H](OC[C@@H](CO)NC=O)O[C@@H]3CO)O[C@@H]2CO)O[C@H](CO)[C@H](O)[C@@H]1O[C@@H]1O[C@H](CO)[C@H](O)[C@H](O[C@]2(C(=O)[O-])C[C@H](O)[C@@H](O)[C@H]([C@H](O)[C@H](O)COC(C)=O)O2)[C@H]1O. The zero-order valence-electron chi connectivity index (χ0n) is 48.7. The lowest BCUT2D eigenvalue weighted by Crippen LogP contribution is -2.72. The average Bonchev–Trinajstić information content (AvgIpc) is 0.765. The Kier molecular flexibility index (Phi) is 27.9. The Morgan fingerprint density at radius 3 is 1.52 bits per heavy atom. The Balaban J connectivity index is 1.39. The molecule has 6 fully saturated rings. The molecule has 6 saturated heterocycles. The quantitative estimate of drug-likeness (QED) is 0.0235. The third-order valence-electron chi connectivity index (χ3n) is 16.0. The Hall–Kier alpha value is -3.93. The number of hydrogen-bond acceptors (Lipinski definition) is 39. The van der Waals surface area contributed by atoms with E-state index >= 15 is 0 Å². The molecule has 0 saturated carbocycles. The zero-order chi connectivity index (χ0) is 68.6. The highest BCUT2D eigenvalue weighted by Crippen LogP contribution is 2.42. The molecule has 0 radical (unpaired) electrons. The number of carbonyl (C=O) groups excluding carboxylic acids is 4. The summed E-state index contributed by atoms with van der Waals surface area (Å²) in [5, 5.41) is 247. The van der Waals surface area contributed by atoms with E-state index in [0.29, 0.717) is 0 Å². The van der Waals surface area contributed by atoms with Crippen molar-refractivity contribution in [1.29, 1.82) is 0 Å². The fraction of sp³-hybridized carbons (Fsp3) is 0.900. The molecule has 6 aliphatic rings. The third-order valence-corrected chi connectivity index (χ3v) is 16.0. The van der Waals surface area contributed by atoms with Crippen molar-refractivity contribution in [3.8, 4) is 0 Å². The Labute approximate surface area is 518 Å². The Bertz CT molecular complexity index is 2370. The smallest absolute Gasteiger partial charge is 0.364 e. The van der Waals surface area contributed by atoms with E-state index in [1.807, 2.05) is 0 Å². The molecule has 92 heavy (non-hydrogen) atoms. The molecule has 6 rings (SSSR count). The summed E-state index contributed by atoms with van der Waals surface area (Å²) in [6, 6.07) is -3.23. The standard InChI is InChI=1S/C50H82N2O40/c1-14(60)52-25-38(88-45-34(74)41(31(71)22(8-56)83-45)91-49(47(76)77)3-17(62)27(67)40(90-49)29(69)20(65)12-80-15(2)61)30(70)21(7-55)82-43(25)87-37-24(10-58)85-46(86-36-23(9-57)84-44(33(73)32(36)72)81-11-16(5-53)51-13-59)35(75)42(37)92-50(48(78)79)4-18(63)26(66)39(89-50)28(68)19(64)6-54/h13,16-46,53-58,62-75H,3-12H2,1-2H3,(H,51,59)(H,52,60)(H,76,77)(H,78,79)/p-1/t16-,17+,18+,19-,20-,21-,22-,23-,24-,25-,26-,27-,28-,29-,30+,31+,32-,33-,34-,35-,36-,37+,38-,39-,40-,41+,42-,43+,44-,45+,46+,49+,50+/m1/s1. The summed E-state index contributed by atoms with van der Waals surface area (Å²) in [7, 11) is 0. The van der Waals surface area contributed by atoms with Gasteiger partial charge in [-0.2, -0.15) is 0 Å². The molecule has 0 aromatic heterocycles. The fourth-order valence-electron chi connectivity index (χ4n) is 11.0. The van der Waals surface area contributed by atoms with Gasteiger partial charge in [0.05, 0.1) is 64.5 Å². The van der Waals surface area contributed by atoms with Gasteiger partial charge in [0.15, 0.2) is 25.2 Å². The summed E-state index contributed by atoms with van der Waals surface area (Å²) in [6.45, 7) is -6.70. The van der Waals surface area contributed by atoms with E-state index in [4.69, 9.17) is 56.8 Å². The molecule has 0 aliphatic carbocycles. The van der Waals surface area contributed by atoms with Gasteiger partial charge < -0.3 is 189 Å². The third kappa shape index (κ3) is 17.1. The highest BCUT2D eigenvalue weighted by atomic mass is 16.8. The molecule has 33 atom stereocenters. The fourth-order valence-corrected chi connectivity index (χ4v) is 11.0. The van der Waals surface area contributed by atoms with E-state index in [1.165, 1.54) is 0 Å². The maximum absolute atomic E-state index is 13.5. The van der Waals surface area contributed by atoms with Crippen molar-refractivity contribution < 1.29 is 198 Å². The minimum atomic E-state index is -3.48. The molecular weight excluding hydrogens is 1270 g/mol. The van der Waals surface area contributed by atoms with Gasteiger partial charge in [-0.05, 0) is 0 Å². The van der Waals surface area contributed by atoms with Gasteiger partial charge in [-0.15, -0.1) is 0 Å². The van der Waals surface area contributed by atoms with E-state index in [1.54, 1.807) is 0 Å². The average molecular weight is 1350 g/mol. The van der Waals surface area contributed by atoms with Gasteiger partial charge in [-0.25, -0.2) is 4.79 Å². The summed E-state index contributed by atoms with van der Waals surface area (Å²) in [4.78, 5) is 62.1. The molecule has 42 nitrogen and oxygen atoms in total. The molecule has 0 spiro atoms. The molecule has 0 aromatic carbocycles. The molecule has 42 heteroatoms. The molecule has 532 valence electrons. The van der Waals surface area contributed by atoms with Crippen LogP contribution in [0.4, 0.5) is 0 Å². The molecule has 0 aromatic rings. The van der Waals surface area contributed by atoms with Crippen LogP contribution in [0.5, 0.6) is 0 Å². The number of aliphatic hydroxyl groups excluding tert-OH is 20. The topological polar surface area (TPSA) is 677 Å². The first-order chi connectivity index (χ1) is 43.3. The van der Waals surface area contributed by atoms with Crippen LogP contribution in [-0.2, 0) is 85.6 Å². The number of aliphatic hydroxyl groups is 20. The van der Waals surface area contributed by atoms with Crippen molar-refractivity contribution in [2.75, 3.05) is 52.9 Å². The number of esters is 1. The van der Waals surface area contributed by atoms with Crippen molar-refractivity contribution in [1.82, 2.24) is 10.6 Å². The molecule has 6 heterocycles. The summed E-state index contributed by atoms with van der Waals surface area (Å²) >= 11 is 0. The summed E-state index contributed by atoms with van der Waals surface area (Å²) in [5.41, 5.74) is 0. The number of carbonyl (C=O) groups is 5. The normalized spacial score (nSPS) is 43.5. The monoisotopic (exact) mass is 1350 g/mol. The van der Waals surface area contributed by atoms with Gasteiger partial charge in [0.2, 0.25) is 18.1 Å². The second-order valence-corrected chi connectivity index (χ2v) is 22.4. The van der Waals surface area contributed by atoms with Crippen LogP contribution in [0, 0.1) is 0 Å². The van der Waals surface area contributed by atoms with Gasteiger partial charge in [0.25, 0.3) is 5.79 Å². The van der Waals surface area contributed by atoms with E-state index in [2.05, 4.69) is 15.4 Å². The minimum absolute atomic E-state index is 0.211. The lowest BCUT2D eigenvalue weighted by atomic mass is 9.90. The molecule has 2 amide bonds. The van der Waals surface area contributed by atoms with Crippen LogP contribution in [0.3, 0.4) is 0 Å². The van der Waals surface area contributed by atoms with Crippen molar-refractivity contribution >= 4 is 30.2 Å². The number of ether oxygens (including phenoxy) is 13. The van der Waals surface area contributed by atoms with Crippen LogP contribution in [0.1, 0.15) is 26.7 Å². The van der Waals surface area contributed by atoms with Crippen LogP contribution >= 0.6 is 0 Å². The number of carboxylic acids is 2. The van der Waals surface area contributed by atoms with E-state index in [0.717, 1.165) is 13.8 Å². The first kappa shape index (κ1) is 77.1. The maximum Gasteiger partial charge on any atom is 0.364 e. The number of amides is 2. The number of carboxylic acid groups (broad SMARTS) is 2. The summed E-state index contributed by atoms with van der Waals surface area (Å²) in [5.74, 6) is -13.7. The van der Waals surface area contributed by atoms with Crippen molar-refractivity contribution in [2.24, 2.45) is 0 Å². The maximum atomic E-state index is 13.5. The number of aliphatic carboxylic acids is 2. The first-order valence-electron chi connectivity index (χ1n) is 28.5. The summed E-state index contributed by atoms with van der Waals surface area (Å²) < 4.78 is 73.7. The Morgan fingerprint density at radius 1 is 0.543 bits per heavy atom. The van der Waals surface area contributed by atoms with Gasteiger partial charge >= 0.3 is 11.9 Å². The number of hydrogen-bond donors (Lipinski definition) is 23. The highest BCUT2D eigenvalue weighted by molar-refractivity contribution is 5.76. The van der Waals surface area contributed by atoms with E-state index in [-0.39, 0.29) is 6.41 Å². The van der Waals surface area contributed by atoms with Gasteiger partial charge in [0, 0.05) is 26.7 Å². The highest BCUT2D eigenvalue weighted by Gasteiger charge is 2.63. The van der Waals surface area contributed by atoms with Crippen LogP contribution < -0.4 is 15.7 Å². The van der Waals surface area contributed by atoms with Crippen LogP contribution in [-0.4, -0.2) is 392 Å². The predicted octanol–water partition coefficient (Wildman–Crippen LogP) is -17.2. The lowest BCUT2D eigenvalue weighted by molar-refractivity contribution is -0.417. The second kappa shape index (κ2) is 33.4. The minimum Gasteiger partial charge on any atom is -0.544 e.